The summed E-state index contributed by atoms with van der Waals surface area (Å²) in [4.78, 5) is 26.5. The van der Waals surface area contributed by atoms with E-state index in [2.05, 4.69) is 4.90 Å². The van der Waals surface area contributed by atoms with Crippen LogP contribution >= 0.6 is 0 Å². The Hall–Kier alpha value is -0.940. The average molecular weight is 285 g/mol. The zero-order valence-corrected chi connectivity index (χ0v) is 13.1. The second-order valence-electron chi connectivity index (χ2n) is 6.04. The molecule has 1 fully saturated rings. The Balaban J connectivity index is 2.77. The summed E-state index contributed by atoms with van der Waals surface area (Å²) in [5.74, 6) is -0.549. The number of methoxy groups -OCH3 is 1. The molecule has 1 heterocycles. The fourth-order valence-electron chi connectivity index (χ4n) is 2.22. The lowest BCUT2D eigenvalue weighted by Crippen LogP contribution is -2.38. The van der Waals surface area contributed by atoms with Crippen molar-refractivity contribution in [3.05, 3.63) is 0 Å². The van der Waals surface area contributed by atoms with Crippen molar-refractivity contribution in [1.29, 1.82) is 0 Å². The van der Waals surface area contributed by atoms with Crippen molar-refractivity contribution in [3.63, 3.8) is 0 Å². The number of hydrogen-bond acceptors (Lipinski definition) is 5. The average Bonchev–Trinajstić information content (AvgIpc) is 2.41. The molecule has 20 heavy (non-hydrogen) atoms. The molecule has 5 nitrogen and oxygen atoms in total. The minimum absolute atomic E-state index is 0.109. The van der Waals surface area contributed by atoms with Gasteiger partial charge >= 0.3 is 5.97 Å². The summed E-state index contributed by atoms with van der Waals surface area (Å²) in [5, 5.41) is 0. The number of rotatable bonds is 1. The predicted octanol–water partition coefficient (Wildman–Crippen LogP) is 1.65. The van der Waals surface area contributed by atoms with E-state index in [0.29, 0.717) is 13.2 Å². The van der Waals surface area contributed by atoms with Crippen molar-refractivity contribution < 1.29 is 19.1 Å². The number of carbonyl (C=O) groups excluding carboxylic acids is 2. The molecule has 0 saturated carbocycles. The van der Waals surface area contributed by atoms with Crippen molar-refractivity contribution in [3.8, 4) is 0 Å². The minimum Gasteiger partial charge on any atom is -0.464 e. The molecule has 1 saturated heterocycles. The van der Waals surface area contributed by atoms with E-state index in [4.69, 9.17) is 9.47 Å². The van der Waals surface area contributed by atoms with Gasteiger partial charge in [0.15, 0.2) is 5.78 Å². The third-order valence-electron chi connectivity index (χ3n) is 3.98. The van der Waals surface area contributed by atoms with Gasteiger partial charge in [-0.05, 0) is 46.7 Å². The number of cyclic esters (lactones) is 1. The van der Waals surface area contributed by atoms with E-state index in [1.807, 2.05) is 7.05 Å². The quantitative estimate of drug-likeness (QED) is 0.541. The monoisotopic (exact) mass is 285 g/mol. The molecule has 1 atom stereocenters. The Morgan fingerprint density at radius 2 is 1.95 bits per heavy atom. The van der Waals surface area contributed by atoms with Gasteiger partial charge in [0.1, 0.15) is 12.0 Å². The van der Waals surface area contributed by atoms with Gasteiger partial charge in [0, 0.05) is 20.1 Å². The maximum Gasteiger partial charge on any atom is 0.319 e. The lowest BCUT2D eigenvalue weighted by Gasteiger charge is -2.23. The smallest absolute Gasteiger partial charge is 0.319 e. The number of Topliss-reactive ketones (excluding diaryl/α,β-unsaturated/α-hetero) is 1. The van der Waals surface area contributed by atoms with Gasteiger partial charge in [-0.15, -0.1) is 0 Å². The molecule has 5 heteroatoms. The maximum atomic E-state index is 12.3. The second-order valence-corrected chi connectivity index (χ2v) is 6.04. The highest BCUT2D eigenvalue weighted by Crippen LogP contribution is 2.24. The van der Waals surface area contributed by atoms with E-state index in [1.165, 1.54) is 0 Å². The molecule has 0 aromatic rings. The number of likely N-dealkylation sites (N-methyl/N-ethyl adjacent to an activating group) is 1. The third-order valence-corrected chi connectivity index (χ3v) is 3.98. The lowest BCUT2D eigenvalue weighted by molar-refractivity contribution is -0.159. The van der Waals surface area contributed by atoms with E-state index in [9.17, 15) is 9.59 Å². The summed E-state index contributed by atoms with van der Waals surface area (Å²) in [6.07, 6.45) is 3.09. The van der Waals surface area contributed by atoms with E-state index in [-0.39, 0.29) is 18.3 Å². The van der Waals surface area contributed by atoms with Gasteiger partial charge in [0.2, 0.25) is 0 Å². The van der Waals surface area contributed by atoms with E-state index in [0.717, 1.165) is 25.8 Å². The molecule has 0 amide bonds. The molecule has 1 rings (SSSR count). The first-order valence-electron chi connectivity index (χ1n) is 7.29. The topological polar surface area (TPSA) is 55.8 Å². The summed E-state index contributed by atoms with van der Waals surface area (Å²) >= 11 is 0. The Morgan fingerprint density at radius 3 is 2.60 bits per heavy atom. The molecule has 0 N–H and O–H groups in total. The van der Waals surface area contributed by atoms with Crippen LogP contribution in [0.4, 0.5) is 0 Å². The highest BCUT2D eigenvalue weighted by Gasteiger charge is 2.38. The molecule has 1 aliphatic rings. The standard InChI is InChI=1S/C15H27NO4/c1-15(2)13(17)11-12(19-4)7-5-6-8-16(3)9-10-20-14(15)18/h12H,5-11H2,1-4H3/t12-/m1/s1. The molecule has 0 aromatic carbocycles. The first-order chi connectivity index (χ1) is 9.37. The molecule has 0 spiro atoms. The third kappa shape index (κ3) is 4.87. The van der Waals surface area contributed by atoms with Crippen molar-refractivity contribution in [2.24, 2.45) is 5.41 Å². The van der Waals surface area contributed by atoms with Gasteiger partial charge in [-0.3, -0.25) is 9.59 Å². The van der Waals surface area contributed by atoms with Crippen molar-refractivity contribution in [2.75, 3.05) is 33.9 Å². The van der Waals surface area contributed by atoms with E-state index < -0.39 is 11.4 Å². The first-order valence-corrected chi connectivity index (χ1v) is 7.29. The number of hydrogen-bond donors (Lipinski definition) is 0. The predicted molar refractivity (Wildman–Crippen MR) is 76.5 cm³/mol. The highest BCUT2D eigenvalue weighted by atomic mass is 16.5. The molecule has 0 aliphatic carbocycles. The number of carbonyl (C=O) groups is 2. The normalized spacial score (nSPS) is 27.1. The lowest BCUT2D eigenvalue weighted by atomic mass is 9.84. The van der Waals surface area contributed by atoms with E-state index >= 15 is 0 Å². The van der Waals surface area contributed by atoms with Crippen molar-refractivity contribution in [1.82, 2.24) is 4.90 Å². The van der Waals surface area contributed by atoms with Crippen LogP contribution in [0.2, 0.25) is 0 Å². The highest BCUT2D eigenvalue weighted by molar-refractivity contribution is 6.03. The Bertz CT molecular complexity index is 341. The molecule has 1 aliphatic heterocycles. The number of nitrogens with zero attached hydrogens (tertiary/aromatic N) is 1. The Morgan fingerprint density at radius 1 is 1.25 bits per heavy atom. The van der Waals surface area contributed by atoms with Gasteiger partial charge < -0.3 is 14.4 Å². The Labute approximate surface area is 121 Å². The fourth-order valence-corrected chi connectivity index (χ4v) is 2.22. The van der Waals surface area contributed by atoms with Crippen LogP contribution < -0.4 is 0 Å². The summed E-state index contributed by atoms with van der Waals surface area (Å²) in [6.45, 7) is 5.26. The van der Waals surface area contributed by atoms with Crippen molar-refractivity contribution >= 4 is 11.8 Å². The van der Waals surface area contributed by atoms with E-state index in [1.54, 1.807) is 21.0 Å². The van der Waals surface area contributed by atoms with Gasteiger partial charge in [0.25, 0.3) is 0 Å². The molecule has 0 aromatic heterocycles. The molecule has 0 unspecified atom stereocenters. The maximum absolute atomic E-state index is 12.3. The first kappa shape index (κ1) is 17.1. The van der Waals surface area contributed by atoms with Crippen LogP contribution in [0.15, 0.2) is 0 Å². The summed E-state index contributed by atoms with van der Waals surface area (Å²) in [6, 6.07) is 0. The SMILES string of the molecule is CO[C@@H]1CCCCN(C)CCOC(=O)C(C)(C)C(=O)C1. The largest absolute Gasteiger partial charge is 0.464 e. The Kier molecular flexibility index (Phi) is 6.62. The van der Waals surface area contributed by atoms with Gasteiger partial charge in [0.05, 0.1) is 6.10 Å². The number of esters is 1. The number of ketones is 1. The molecule has 0 radical (unpaired) electrons. The molecule has 116 valence electrons. The fraction of sp³-hybridized carbons (Fsp3) is 0.867. The number of ether oxygens (including phenoxy) is 2. The van der Waals surface area contributed by atoms with Gasteiger partial charge in [-0.2, -0.15) is 0 Å². The van der Waals surface area contributed by atoms with Crippen LogP contribution in [0.25, 0.3) is 0 Å². The molecular formula is C15H27NO4. The van der Waals surface area contributed by atoms with Crippen LogP contribution in [0, 0.1) is 5.41 Å². The molecule has 0 bridgehead atoms. The summed E-state index contributed by atoms with van der Waals surface area (Å²) < 4.78 is 10.6. The van der Waals surface area contributed by atoms with Crippen LogP contribution in [0.3, 0.4) is 0 Å². The summed E-state index contributed by atoms with van der Waals surface area (Å²) in [7, 11) is 3.63. The van der Waals surface area contributed by atoms with Crippen LogP contribution in [0.1, 0.15) is 39.5 Å². The molecular weight excluding hydrogens is 258 g/mol. The minimum atomic E-state index is -1.09. The van der Waals surface area contributed by atoms with Crippen LogP contribution in [0.5, 0.6) is 0 Å². The summed E-state index contributed by atoms with van der Waals surface area (Å²) in [5.41, 5.74) is -1.09. The van der Waals surface area contributed by atoms with Gasteiger partial charge in [-0.25, -0.2) is 0 Å². The van der Waals surface area contributed by atoms with Gasteiger partial charge in [-0.1, -0.05) is 0 Å². The van der Waals surface area contributed by atoms with Crippen molar-refractivity contribution in [2.45, 2.75) is 45.6 Å². The van der Waals surface area contributed by atoms with Crippen LogP contribution in [-0.2, 0) is 19.1 Å². The zero-order valence-electron chi connectivity index (χ0n) is 13.1. The van der Waals surface area contributed by atoms with Crippen LogP contribution in [-0.4, -0.2) is 56.6 Å². The second kappa shape index (κ2) is 7.74. The zero-order chi connectivity index (χ0) is 15.2.